The van der Waals surface area contributed by atoms with E-state index in [1.54, 1.807) is 0 Å². The number of aliphatic imine (C=N–C) groups is 1. The molecule has 4 N–H and O–H groups in total. The van der Waals surface area contributed by atoms with Crippen LogP contribution in [0, 0.1) is 11.8 Å². The number of thiazole rings is 1. The highest BCUT2D eigenvalue weighted by atomic mass is 32.1. The fourth-order valence-electron chi connectivity index (χ4n) is 3.32. The summed E-state index contributed by atoms with van der Waals surface area (Å²) in [6.45, 7) is 2.55. The molecule has 3 rings (SSSR count). The molecule has 3 heterocycles. The number of Topliss-reactive ketones (excluding diaryl/α,β-unsaturated/α-hetero) is 2. The number of ether oxygens (including phenoxy) is 1. The molecular formula is C14H18N4O5S. The molecule has 130 valence electrons. The topological polar surface area (TPSA) is 136 Å². The molecule has 10 heteroatoms. The molecule has 0 amide bonds. The zero-order valence-corrected chi connectivity index (χ0v) is 14.0. The number of aliphatic hydroxyl groups is 1. The minimum absolute atomic E-state index is 0.160. The van der Waals surface area contributed by atoms with Crippen molar-refractivity contribution in [2.24, 2.45) is 22.6 Å². The van der Waals surface area contributed by atoms with Crippen LogP contribution < -0.4 is 15.9 Å². The van der Waals surface area contributed by atoms with Crippen molar-refractivity contribution in [2.45, 2.75) is 32.7 Å². The van der Waals surface area contributed by atoms with Gasteiger partial charge in [0.05, 0.1) is 36.0 Å². The molecule has 24 heavy (non-hydrogen) atoms. The summed E-state index contributed by atoms with van der Waals surface area (Å²) in [5.41, 5.74) is 5.68. The molecule has 2 aliphatic heterocycles. The summed E-state index contributed by atoms with van der Waals surface area (Å²) in [5, 5.41) is 12.3. The van der Waals surface area contributed by atoms with Gasteiger partial charge in [-0.2, -0.15) is 0 Å². The van der Waals surface area contributed by atoms with Crippen LogP contribution in [-0.2, 0) is 20.9 Å². The van der Waals surface area contributed by atoms with Gasteiger partial charge in [-0.15, -0.1) is 0 Å². The molecule has 0 unspecified atom stereocenters. The number of aromatic nitrogens is 1. The van der Waals surface area contributed by atoms with Crippen LogP contribution in [0.25, 0.3) is 0 Å². The standard InChI is InChI=1S/C14H18N4O5S/c1-5(20)9-7(4-19)23-12(10(9)6(2)21)18-11-8(24-14(18)22)3-16-13(15)17-11/h7,9-10,12,19H,3-4H2,1-2H3,(H3,15,16,17)/t7-,9+,10+,12+/m0/s1. The fourth-order valence-corrected chi connectivity index (χ4v) is 4.20. The zero-order chi connectivity index (χ0) is 17.6. The third-order valence-electron chi connectivity index (χ3n) is 4.33. The predicted octanol–water partition coefficient (Wildman–Crippen LogP) is -0.550. The minimum Gasteiger partial charge on any atom is -0.394 e. The lowest BCUT2D eigenvalue weighted by Gasteiger charge is -2.23. The van der Waals surface area contributed by atoms with Crippen molar-refractivity contribution in [3.05, 3.63) is 14.5 Å². The maximum atomic E-state index is 12.5. The first kappa shape index (κ1) is 16.8. The number of anilines is 1. The molecule has 1 saturated heterocycles. The Kier molecular flexibility index (Phi) is 4.28. The minimum atomic E-state index is -0.973. The normalized spacial score (nSPS) is 28.9. The summed E-state index contributed by atoms with van der Waals surface area (Å²) in [7, 11) is 0. The third-order valence-corrected chi connectivity index (χ3v) is 5.27. The number of fused-ring (bicyclic) bond motifs is 1. The van der Waals surface area contributed by atoms with E-state index >= 15 is 0 Å². The lowest BCUT2D eigenvalue weighted by Crippen LogP contribution is -2.36. The number of nitrogens with zero attached hydrogens (tertiary/aromatic N) is 2. The average Bonchev–Trinajstić information content (AvgIpc) is 3.03. The maximum Gasteiger partial charge on any atom is 0.311 e. The van der Waals surface area contributed by atoms with Gasteiger partial charge in [0, 0.05) is 0 Å². The first-order valence-electron chi connectivity index (χ1n) is 7.43. The number of hydrogen-bond acceptors (Lipinski definition) is 9. The molecular weight excluding hydrogens is 336 g/mol. The number of hydrogen-bond donors (Lipinski definition) is 3. The Morgan fingerprint density at radius 1 is 1.42 bits per heavy atom. The zero-order valence-electron chi connectivity index (χ0n) is 13.2. The summed E-state index contributed by atoms with van der Waals surface area (Å²) in [6.07, 6.45) is -1.81. The molecule has 1 aromatic heterocycles. The lowest BCUT2D eigenvalue weighted by molar-refractivity contribution is -0.130. The molecule has 4 atom stereocenters. The number of nitrogens with two attached hydrogens (primary N) is 1. The molecule has 0 bridgehead atoms. The Morgan fingerprint density at radius 3 is 2.67 bits per heavy atom. The van der Waals surface area contributed by atoms with E-state index in [9.17, 15) is 19.5 Å². The second-order valence-corrected chi connectivity index (χ2v) is 6.90. The summed E-state index contributed by atoms with van der Waals surface area (Å²) in [6, 6.07) is 0. The van der Waals surface area contributed by atoms with E-state index in [1.165, 1.54) is 18.4 Å². The molecule has 0 aliphatic carbocycles. The van der Waals surface area contributed by atoms with E-state index in [0.29, 0.717) is 10.7 Å². The van der Waals surface area contributed by atoms with Crippen molar-refractivity contribution in [1.82, 2.24) is 4.57 Å². The van der Waals surface area contributed by atoms with E-state index in [4.69, 9.17) is 10.5 Å². The van der Waals surface area contributed by atoms with Gasteiger partial charge >= 0.3 is 4.87 Å². The lowest BCUT2D eigenvalue weighted by atomic mass is 9.84. The van der Waals surface area contributed by atoms with Crippen LogP contribution in [0.1, 0.15) is 25.0 Å². The SMILES string of the molecule is CC(=O)[C@@H]1[C@H](C(C)=O)[C@H](CO)O[C@H]1n1c2c(sc1=O)CN=C(N)N2. The van der Waals surface area contributed by atoms with Gasteiger partial charge in [0.25, 0.3) is 0 Å². The van der Waals surface area contributed by atoms with Crippen LogP contribution in [0.3, 0.4) is 0 Å². The summed E-state index contributed by atoms with van der Waals surface area (Å²) in [4.78, 5) is 41.0. The number of carbonyl (C=O) groups excluding carboxylic acids is 2. The van der Waals surface area contributed by atoms with Crippen molar-refractivity contribution in [2.75, 3.05) is 11.9 Å². The predicted molar refractivity (Wildman–Crippen MR) is 86.9 cm³/mol. The second kappa shape index (κ2) is 6.11. The first-order chi connectivity index (χ1) is 11.3. The van der Waals surface area contributed by atoms with Gasteiger partial charge in [-0.05, 0) is 13.8 Å². The van der Waals surface area contributed by atoms with Gasteiger partial charge < -0.3 is 20.9 Å². The number of aliphatic hydroxyl groups excluding tert-OH is 1. The number of rotatable bonds is 4. The van der Waals surface area contributed by atoms with Crippen LogP contribution in [0.4, 0.5) is 5.82 Å². The van der Waals surface area contributed by atoms with Crippen molar-refractivity contribution in [3.63, 3.8) is 0 Å². The molecule has 9 nitrogen and oxygen atoms in total. The average molecular weight is 354 g/mol. The van der Waals surface area contributed by atoms with Crippen LogP contribution in [0.5, 0.6) is 0 Å². The van der Waals surface area contributed by atoms with E-state index in [1.807, 2.05) is 0 Å². The Morgan fingerprint density at radius 2 is 2.08 bits per heavy atom. The van der Waals surface area contributed by atoms with E-state index < -0.39 is 30.8 Å². The van der Waals surface area contributed by atoms with Gasteiger partial charge in [-0.1, -0.05) is 11.3 Å². The van der Waals surface area contributed by atoms with Gasteiger partial charge in [0.2, 0.25) is 0 Å². The third kappa shape index (κ3) is 2.56. The summed E-state index contributed by atoms with van der Waals surface area (Å²) < 4.78 is 7.05. The van der Waals surface area contributed by atoms with E-state index in [2.05, 4.69) is 10.3 Å². The highest BCUT2D eigenvalue weighted by Gasteiger charge is 2.51. The highest BCUT2D eigenvalue weighted by Crippen LogP contribution is 2.42. The van der Waals surface area contributed by atoms with E-state index in [-0.39, 0.29) is 28.9 Å². The maximum absolute atomic E-state index is 12.5. The first-order valence-corrected chi connectivity index (χ1v) is 8.25. The number of guanidine groups is 1. The van der Waals surface area contributed by atoms with Crippen LogP contribution >= 0.6 is 11.3 Å². The van der Waals surface area contributed by atoms with Gasteiger partial charge in [0.1, 0.15) is 17.4 Å². The van der Waals surface area contributed by atoms with Crippen LogP contribution in [-0.4, -0.2) is 39.9 Å². The van der Waals surface area contributed by atoms with Crippen molar-refractivity contribution >= 4 is 34.7 Å². The van der Waals surface area contributed by atoms with E-state index in [0.717, 1.165) is 11.3 Å². The monoisotopic (exact) mass is 354 g/mol. The molecule has 0 radical (unpaired) electrons. The Bertz CT molecular complexity index is 783. The van der Waals surface area contributed by atoms with Gasteiger partial charge in [-0.3, -0.25) is 19.0 Å². The van der Waals surface area contributed by atoms with Crippen molar-refractivity contribution in [3.8, 4) is 0 Å². The molecule has 0 spiro atoms. The Hall–Kier alpha value is -2.04. The van der Waals surface area contributed by atoms with Crippen LogP contribution in [0.2, 0.25) is 0 Å². The van der Waals surface area contributed by atoms with Crippen LogP contribution in [0.15, 0.2) is 9.79 Å². The molecule has 0 aromatic carbocycles. The van der Waals surface area contributed by atoms with Crippen molar-refractivity contribution < 1.29 is 19.4 Å². The number of nitrogens with one attached hydrogen (secondary N) is 1. The number of carbonyl (C=O) groups is 2. The smallest absolute Gasteiger partial charge is 0.311 e. The Labute approximate surface area is 141 Å². The quantitative estimate of drug-likeness (QED) is 0.660. The van der Waals surface area contributed by atoms with Gasteiger partial charge in [-0.25, -0.2) is 4.99 Å². The van der Waals surface area contributed by atoms with Crippen molar-refractivity contribution in [1.29, 1.82) is 0 Å². The highest BCUT2D eigenvalue weighted by molar-refractivity contribution is 7.09. The Balaban J connectivity index is 2.09. The second-order valence-electron chi connectivity index (χ2n) is 5.86. The summed E-state index contributed by atoms with van der Waals surface area (Å²) >= 11 is 0.981. The molecule has 2 aliphatic rings. The largest absolute Gasteiger partial charge is 0.394 e. The number of ketones is 2. The molecule has 1 fully saturated rings. The molecule has 0 saturated carbocycles. The summed E-state index contributed by atoms with van der Waals surface area (Å²) in [5.74, 6) is -1.60. The molecule has 1 aromatic rings. The fraction of sp³-hybridized carbons (Fsp3) is 0.571. The van der Waals surface area contributed by atoms with Gasteiger partial charge in [0.15, 0.2) is 12.2 Å².